The molecule has 174 valence electrons. The van der Waals surface area contributed by atoms with E-state index >= 15 is 0 Å². The van der Waals surface area contributed by atoms with Gasteiger partial charge in [0.2, 0.25) is 0 Å². The first-order valence-corrected chi connectivity index (χ1v) is 10.9. The maximum absolute atomic E-state index is 14.1. The van der Waals surface area contributed by atoms with Crippen molar-refractivity contribution in [2.75, 3.05) is 52.6 Å². The summed E-state index contributed by atoms with van der Waals surface area (Å²) in [7, 11) is 0. The van der Waals surface area contributed by atoms with E-state index in [9.17, 15) is 18.3 Å². The largest absolute Gasteiger partial charge is 0.508 e. The quantitative estimate of drug-likeness (QED) is 0.614. The van der Waals surface area contributed by atoms with Crippen LogP contribution in [0.15, 0.2) is 42.5 Å². The van der Waals surface area contributed by atoms with Crippen molar-refractivity contribution in [2.45, 2.75) is 18.4 Å². The van der Waals surface area contributed by atoms with E-state index in [2.05, 4.69) is 4.90 Å². The molecular weight excluding hydrogens is 421 g/mol. The Bertz CT molecular complexity index is 904. The molecule has 0 aromatic heterocycles. The van der Waals surface area contributed by atoms with Gasteiger partial charge in [0.25, 0.3) is 5.92 Å². The van der Waals surface area contributed by atoms with Gasteiger partial charge in [-0.25, -0.2) is 8.78 Å². The third-order valence-electron chi connectivity index (χ3n) is 6.27. The number of aliphatic hydroxyl groups excluding tert-OH is 1. The molecular formula is C24H29F3N2O3. The van der Waals surface area contributed by atoms with Crippen molar-refractivity contribution in [1.29, 1.82) is 0 Å². The van der Waals surface area contributed by atoms with Crippen LogP contribution in [0.5, 0.6) is 11.5 Å². The molecule has 0 saturated carbocycles. The first-order valence-electron chi connectivity index (χ1n) is 10.9. The minimum absolute atomic E-state index is 0.0750. The molecule has 1 unspecified atom stereocenters. The Kier molecular flexibility index (Phi) is 6.93. The van der Waals surface area contributed by atoms with Gasteiger partial charge in [0, 0.05) is 37.7 Å². The van der Waals surface area contributed by atoms with Gasteiger partial charge in [0.05, 0.1) is 19.3 Å². The molecule has 0 bridgehead atoms. The van der Waals surface area contributed by atoms with Crippen LogP contribution >= 0.6 is 0 Å². The lowest BCUT2D eigenvalue weighted by molar-refractivity contribution is -0.0787. The highest BCUT2D eigenvalue weighted by atomic mass is 19.3. The highest BCUT2D eigenvalue weighted by molar-refractivity contribution is 5.48. The number of halogens is 3. The van der Waals surface area contributed by atoms with E-state index in [4.69, 9.17) is 9.84 Å². The molecule has 0 radical (unpaired) electrons. The lowest BCUT2D eigenvalue weighted by Gasteiger charge is -2.39. The van der Waals surface area contributed by atoms with Gasteiger partial charge in [0.15, 0.2) is 0 Å². The third kappa shape index (κ3) is 5.03. The molecule has 0 spiro atoms. The predicted molar refractivity (Wildman–Crippen MR) is 115 cm³/mol. The molecule has 2 N–H and O–H groups in total. The molecule has 1 saturated heterocycles. The molecule has 2 aromatic rings. The standard InChI is InChI=1S/C24H29F3N2O3/c25-12-17-13-28(14-17)10-11-32-20-6-4-19(5-7-20)23-22-18(2-1-3-21(22)31)8-9-29(23)15-24(26,27)16-30/h1-7,17,23,30-31H,8-16H2. The zero-order valence-corrected chi connectivity index (χ0v) is 17.9. The van der Waals surface area contributed by atoms with E-state index in [1.54, 1.807) is 29.2 Å². The maximum atomic E-state index is 14.1. The van der Waals surface area contributed by atoms with Gasteiger partial charge in [-0.2, -0.15) is 0 Å². The Morgan fingerprint density at radius 1 is 1.09 bits per heavy atom. The highest BCUT2D eigenvalue weighted by Gasteiger charge is 2.38. The minimum Gasteiger partial charge on any atom is -0.508 e. The summed E-state index contributed by atoms with van der Waals surface area (Å²) in [5.41, 5.74) is 2.32. The first-order chi connectivity index (χ1) is 15.4. The molecule has 32 heavy (non-hydrogen) atoms. The number of aliphatic hydroxyl groups is 1. The zero-order valence-electron chi connectivity index (χ0n) is 17.9. The van der Waals surface area contributed by atoms with Crippen LogP contribution in [0, 0.1) is 5.92 Å². The van der Waals surface area contributed by atoms with Gasteiger partial charge in [-0.05, 0) is 35.7 Å². The van der Waals surface area contributed by atoms with Crippen molar-refractivity contribution in [3.8, 4) is 11.5 Å². The Hall–Kier alpha value is -2.29. The van der Waals surface area contributed by atoms with Crippen molar-refractivity contribution in [3.63, 3.8) is 0 Å². The van der Waals surface area contributed by atoms with Crippen molar-refractivity contribution >= 4 is 0 Å². The van der Waals surface area contributed by atoms with Gasteiger partial charge in [-0.3, -0.25) is 14.2 Å². The summed E-state index contributed by atoms with van der Waals surface area (Å²) in [4.78, 5) is 3.75. The van der Waals surface area contributed by atoms with Gasteiger partial charge in [-0.15, -0.1) is 0 Å². The molecule has 2 aliphatic heterocycles. The van der Waals surface area contributed by atoms with Gasteiger partial charge >= 0.3 is 0 Å². The molecule has 4 rings (SSSR count). The molecule has 8 heteroatoms. The number of rotatable bonds is 9. The van der Waals surface area contributed by atoms with E-state index in [1.807, 2.05) is 18.2 Å². The number of benzene rings is 2. The highest BCUT2D eigenvalue weighted by Crippen LogP contribution is 2.41. The van der Waals surface area contributed by atoms with Crippen molar-refractivity contribution < 1.29 is 28.1 Å². The number of nitrogens with zero attached hydrogens (tertiary/aromatic N) is 2. The number of likely N-dealkylation sites (tertiary alicyclic amines) is 1. The van der Waals surface area contributed by atoms with E-state index in [0.29, 0.717) is 30.9 Å². The third-order valence-corrected chi connectivity index (χ3v) is 6.27. The molecule has 1 fully saturated rings. The summed E-state index contributed by atoms with van der Waals surface area (Å²) in [6.07, 6.45) is 0.544. The Morgan fingerprint density at radius 3 is 2.53 bits per heavy atom. The van der Waals surface area contributed by atoms with Crippen LogP contribution in [0.25, 0.3) is 0 Å². The van der Waals surface area contributed by atoms with Crippen molar-refractivity contribution in [3.05, 3.63) is 59.2 Å². The fourth-order valence-corrected chi connectivity index (χ4v) is 4.60. The van der Waals surface area contributed by atoms with Crippen LogP contribution in [-0.4, -0.2) is 78.5 Å². The number of phenols is 1. The Labute approximate surface area is 186 Å². The van der Waals surface area contributed by atoms with Crippen molar-refractivity contribution in [2.24, 2.45) is 5.92 Å². The van der Waals surface area contributed by atoms with Crippen LogP contribution in [0.1, 0.15) is 22.7 Å². The molecule has 2 aromatic carbocycles. The van der Waals surface area contributed by atoms with E-state index in [1.165, 1.54) is 0 Å². The van der Waals surface area contributed by atoms with Crippen LogP contribution in [0.4, 0.5) is 13.2 Å². The summed E-state index contributed by atoms with van der Waals surface area (Å²) in [6.45, 7) is 1.03. The van der Waals surface area contributed by atoms with Crippen LogP contribution < -0.4 is 4.74 Å². The summed E-state index contributed by atoms with van der Waals surface area (Å²) >= 11 is 0. The predicted octanol–water partition coefficient (Wildman–Crippen LogP) is 3.25. The molecule has 0 aliphatic carbocycles. The van der Waals surface area contributed by atoms with E-state index in [-0.39, 0.29) is 18.3 Å². The number of hydrogen-bond acceptors (Lipinski definition) is 5. The molecule has 2 aliphatic rings. The lowest BCUT2D eigenvalue weighted by atomic mass is 9.87. The van der Waals surface area contributed by atoms with E-state index in [0.717, 1.165) is 30.8 Å². The molecule has 0 amide bonds. The topological polar surface area (TPSA) is 56.2 Å². The second-order valence-corrected chi connectivity index (χ2v) is 8.68. The molecule has 5 nitrogen and oxygen atoms in total. The fourth-order valence-electron chi connectivity index (χ4n) is 4.60. The molecule has 1 atom stereocenters. The van der Waals surface area contributed by atoms with E-state index < -0.39 is 25.1 Å². The summed E-state index contributed by atoms with van der Waals surface area (Å²) in [6, 6.07) is 11.9. The normalized spacial score (nSPS) is 20.1. The SMILES string of the molecule is OCC(F)(F)CN1CCc2cccc(O)c2C1c1ccc(OCCN2CC(CF)C2)cc1. The van der Waals surface area contributed by atoms with Gasteiger partial charge in [-0.1, -0.05) is 24.3 Å². The summed E-state index contributed by atoms with van der Waals surface area (Å²) in [5.74, 6) is -2.35. The number of ether oxygens (including phenoxy) is 1. The number of fused-ring (bicyclic) bond motifs is 1. The van der Waals surface area contributed by atoms with Crippen LogP contribution in [0.3, 0.4) is 0 Å². The second-order valence-electron chi connectivity index (χ2n) is 8.68. The average Bonchev–Trinajstić information content (AvgIpc) is 2.76. The average molecular weight is 451 g/mol. The zero-order chi connectivity index (χ0) is 22.7. The monoisotopic (exact) mass is 450 g/mol. The number of hydrogen-bond donors (Lipinski definition) is 2. The summed E-state index contributed by atoms with van der Waals surface area (Å²) < 4.78 is 46.4. The second kappa shape index (κ2) is 9.68. The van der Waals surface area contributed by atoms with Crippen LogP contribution in [-0.2, 0) is 6.42 Å². The Morgan fingerprint density at radius 2 is 1.84 bits per heavy atom. The smallest absolute Gasteiger partial charge is 0.283 e. The van der Waals surface area contributed by atoms with Crippen molar-refractivity contribution in [1.82, 2.24) is 9.80 Å². The summed E-state index contributed by atoms with van der Waals surface area (Å²) in [5, 5.41) is 19.6. The van der Waals surface area contributed by atoms with Gasteiger partial charge in [0.1, 0.15) is 24.7 Å². The first kappa shape index (κ1) is 22.9. The maximum Gasteiger partial charge on any atom is 0.283 e. The number of alkyl halides is 3. The fraction of sp³-hybridized carbons (Fsp3) is 0.500. The minimum atomic E-state index is -3.23. The van der Waals surface area contributed by atoms with Gasteiger partial charge < -0.3 is 14.9 Å². The number of aromatic hydroxyl groups is 1. The Balaban J connectivity index is 1.49. The van der Waals surface area contributed by atoms with Crippen LogP contribution in [0.2, 0.25) is 0 Å². The number of phenolic OH excluding ortho intramolecular Hbond substituents is 1. The molecule has 2 heterocycles. The lowest BCUT2D eigenvalue weighted by Crippen LogP contribution is -2.49.